The second-order valence-electron chi connectivity index (χ2n) is 4.80. The van der Waals surface area contributed by atoms with Crippen LogP contribution in [0, 0.1) is 13.8 Å². The number of hydrogen-bond donors (Lipinski definition) is 1. The lowest BCUT2D eigenvalue weighted by molar-refractivity contribution is 0.201. The number of carbonyl (C=O) groups excluding carboxylic acids is 1. The molecule has 0 heterocycles. The van der Waals surface area contributed by atoms with Crippen molar-refractivity contribution in [3.05, 3.63) is 59.2 Å². The van der Waals surface area contributed by atoms with Crippen LogP contribution in [0.5, 0.6) is 11.5 Å². The van der Waals surface area contributed by atoms with Crippen molar-refractivity contribution in [1.82, 2.24) is 5.32 Å². The maximum absolute atomic E-state index is 11.3. The number of aryl methyl sites for hydroxylation is 2. The Morgan fingerprint density at radius 3 is 2.57 bits per heavy atom. The summed E-state index contributed by atoms with van der Waals surface area (Å²) in [5.74, 6) is 1.33. The van der Waals surface area contributed by atoms with Gasteiger partial charge in [0.25, 0.3) is 0 Å². The molecule has 1 amide bonds. The van der Waals surface area contributed by atoms with E-state index < -0.39 is 6.09 Å². The van der Waals surface area contributed by atoms with Crippen molar-refractivity contribution in [2.24, 2.45) is 0 Å². The average molecular weight is 285 g/mol. The molecule has 0 aliphatic rings. The fourth-order valence-corrected chi connectivity index (χ4v) is 1.99. The number of rotatable bonds is 4. The Morgan fingerprint density at radius 1 is 1.10 bits per heavy atom. The van der Waals surface area contributed by atoms with Gasteiger partial charge in [-0.3, -0.25) is 0 Å². The lowest BCUT2D eigenvalue weighted by Gasteiger charge is -2.12. The minimum atomic E-state index is -0.492. The van der Waals surface area contributed by atoms with E-state index in [1.807, 2.05) is 44.2 Å². The first kappa shape index (κ1) is 14.9. The molecule has 4 nitrogen and oxygen atoms in total. The number of para-hydroxylation sites is 1. The van der Waals surface area contributed by atoms with Crippen LogP contribution < -0.4 is 14.8 Å². The van der Waals surface area contributed by atoms with Crippen LogP contribution in [-0.4, -0.2) is 13.1 Å². The quantitative estimate of drug-likeness (QED) is 0.933. The Balaban J connectivity index is 2.11. The van der Waals surface area contributed by atoms with E-state index >= 15 is 0 Å². The van der Waals surface area contributed by atoms with Crippen LogP contribution in [0.2, 0.25) is 0 Å². The van der Waals surface area contributed by atoms with E-state index in [1.54, 1.807) is 6.07 Å². The first-order valence-electron chi connectivity index (χ1n) is 6.77. The molecule has 0 aliphatic heterocycles. The van der Waals surface area contributed by atoms with E-state index in [4.69, 9.17) is 9.47 Å². The highest BCUT2D eigenvalue weighted by Crippen LogP contribution is 2.23. The molecular weight excluding hydrogens is 266 g/mol. The molecule has 2 aromatic rings. The number of hydrogen-bond acceptors (Lipinski definition) is 3. The third-order valence-corrected chi connectivity index (χ3v) is 3.09. The molecule has 21 heavy (non-hydrogen) atoms. The minimum Gasteiger partial charge on any atom is -0.488 e. The van der Waals surface area contributed by atoms with Gasteiger partial charge in [0, 0.05) is 12.6 Å². The van der Waals surface area contributed by atoms with Crippen molar-refractivity contribution < 1.29 is 14.3 Å². The zero-order valence-electron chi connectivity index (χ0n) is 12.5. The van der Waals surface area contributed by atoms with Gasteiger partial charge in [0.05, 0.1) is 0 Å². The SMILES string of the molecule is CNC(=O)Oc1ccccc1COc1ccc(C)cc1C. The molecule has 0 aliphatic carbocycles. The van der Waals surface area contributed by atoms with E-state index in [1.165, 1.54) is 12.6 Å². The first-order valence-corrected chi connectivity index (χ1v) is 6.77. The van der Waals surface area contributed by atoms with Crippen molar-refractivity contribution in [3.63, 3.8) is 0 Å². The van der Waals surface area contributed by atoms with Crippen molar-refractivity contribution in [1.29, 1.82) is 0 Å². The van der Waals surface area contributed by atoms with Gasteiger partial charge in [-0.2, -0.15) is 0 Å². The maximum Gasteiger partial charge on any atom is 0.412 e. The van der Waals surface area contributed by atoms with Crippen LogP contribution in [0.25, 0.3) is 0 Å². The average Bonchev–Trinajstić information content (AvgIpc) is 2.47. The second-order valence-corrected chi connectivity index (χ2v) is 4.80. The normalized spacial score (nSPS) is 10.0. The summed E-state index contributed by atoms with van der Waals surface area (Å²) < 4.78 is 11.0. The number of benzene rings is 2. The van der Waals surface area contributed by atoms with E-state index in [9.17, 15) is 4.79 Å². The number of ether oxygens (including phenoxy) is 2. The molecule has 2 rings (SSSR count). The Morgan fingerprint density at radius 2 is 1.86 bits per heavy atom. The molecular formula is C17H19NO3. The smallest absolute Gasteiger partial charge is 0.412 e. The second kappa shape index (κ2) is 6.79. The third kappa shape index (κ3) is 3.99. The maximum atomic E-state index is 11.3. The van der Waals surface area contributed by atoms with E-state index in [-0.39, 0.29) is 0 Å². The van der Waals surface area contributed by atoms with Gasteiger partial charge in [-0.1, -0.05) is 35.9 Å². The van der Waals surface area contributed by atoms with Gasteiger partial charge < -0.3 is 14.8 Å². The summed E-state index contributed by atoms with van der Waals surface area (Å²) in [5, 5.41) is 2.43. The predicted octanol–water partition coefficient (Wildman–Crippen LogP) is 3.60. The topological polar surface area (TPSA) is 47.6 Å². The number of amides is 1. The molecule has 1 N–H and O–H groups in total. The van der Waals surface area contributed by atoms with Crippen LogP contribution in [0.4, 0.5) is 4.79 Å². The van der Waals surface area contributed by atoms with Crippen molar-refractivity contribution in [2.45, 2.75) is 20.5 Å². The predicted molar refractivity (Wildman–Crippen MR) is 81.8 cm³/mol. The lowest BCUT2D eigenvalue weighted by Crippen LogP contribution is -2.22. The van der Waals surface area contributed by atoms with Gasteiger partial charge in [0.2, 0.25) is 0 Å². The molecule has 0 spiro atoms. The van der Waals surface area contributed by atoms with Gasteiger partial charge in [-0.15, -0.1) is 0 Å². The Kier molecular flexibility index (Phi) is 4.82. The standard InChI is InChI=1S/C17H19NO3/c1-12-8-9-15(13(2)10-12)20-11-14-6-4-5-7-16(14)21-17(19)18-3/h4-10H,11H2,1-3H3,(H,18,19). The highest BCUT2D eigenvalue weighted by atomic mass is 16.6. The van der Waals surface area contributed by atoms with Crippen LogP contribution in [-0.2, 0) is 6.61 Å². The third-order valence-electron chi connectivity index (χ3n) is 3.09. The van der Waals surface area contributed by atoms with Crippen molar-refractivity contribution in [3.8, 4) is 11.5 Å². The Labute approximate surface area is 124 Å². The summed E-state index contributed by atoms with van der Waals surface area (Å²) in [6.07, 6.45) is -0.492. The summed E-state index contributed by atoms with van der Waals surface area (Å²) in [7, 11) is 1.52. The number of nitrogens with one attached hydrogen (secondary N) is 1. The Bertz CT molecular complexity index is 638. The van der Waals surface area contributed by atoms with Crippen LogP contribution >= 0.6 is 0 Å². The fraction of sp³-hybridized carbons (Fsp3) is 0.235. The molecule has 2 aromatic carbocycles. The van der Waals surface area contributed by atoms with Gasteiger partial charge in [0.15, 0.2) is 0 Å². The fourth-order valence-electron chi connectivity index (χ4n) is 1.99. The molecule has 0 aromatic heterocycles. The molecule has 0 saturated carbocycles. The summed E-state index contributed by atoms with van der Waals surface area (Å²) in [4.78, 5) is 11.3. The summed E-state index contributed by atoms with van der Waals surface area (Å²) in [5.41, 5.74) is 3.10. The van der Waals surface area contributed by atoms with Crippen molar-refractivity contribution in [2.75, 3.05) is 7.05 Å². The van der Waals surface area contributed by atoms with Gasteiger partial charge in [-0.25, -0.2) is 4.79 Å². The molecule has 0 atom stereocenters. The van der Waals surface area contributed by atoms with Crippen LogP contribution in [0.15, 0.2) is 42.5 Å². The highest BCUT2D eigenvalue weighted by Gasteiger charge is 2.08. The van der Waals surface area contributed by atoms with E-state index in [0.29, 0.717) is 12.4 Å². The minimum absolute atomic E-state index is 0.344. The van der Waals surface area contributed by atoms with E-state index in [2.05, 4.69) is 11.4 Å². The van der Waals surface area contributed by atoms with Crippen molar-refractivity contribution >= 4 is 6.09 Å². The zero-order chi connectivity index (χ0) is 15.2. The van der Waals surface area contributed by atoms with Crippen LogP contribution in [0.3, 0.4) is 0 Å². The van der Waals surface area contributed by atoms with Crippen LogP contribution in [0.1, 0.15) is 16.7 Å². The summed E-state index contributed by atoms with van der Waals surface area (Å²) in [6, 6.07) is 13.4. The molecule has 110 valence electrons. The molecule has 4 heteroatoms. The monoisotopic (exact) mass is 285 g/mol. The Hall–Kier alpha value is -2.49. The molecule has 0 bridgehead atoms. The lowest BCUT2D eigenvalue weighted by atomic mass is 10.1. The van der Waals surface area contributed by atoms with E-state index in [0.717, 1.165) is 16.9 Å². The molecule has 0 fully saturated rings. The summed E-state index contributed by atoms with van der Waals surface area (Å²) >= 11 is 0. The highest BCUT2D eigenvalue weighted by molar-refractivity contribution is 5.70. The largest absolute Gasteiger partial charge is 0.488 e. The van der Waals surface area contributed by atoms with Gasteiger partial charge in [0.1, 0.15) is 18.1 Å². The zero-order valence-corrected chi connectivity index (χ0v) is 12.5. The van der Waals surface area contributed by atoms with Gasteiger partial charge >= 0.3 is 6.09 Å². The summed E-state index contributed by atoms with van der Waals surface area (Å²) in [6.45, 7) is 4.40. The molecule has 0 saturated heterocycles. The number of carbonyl (C=O) groups is 1. The molecule has 0 unspecified atom stereocenters. The molecule has 0 radical (unpaired) electrons. The first-order chi connectivity index (χ1) is 10.1. The van der Waals surface area contributed by atoms with Gasteiger partial charge in [-0.05, 0) is 31.5 Å².